The minimum atomic E-state index is -0.904. The molecule has 2 aliphatic heterocycles. The van der Waals surface area contributed by atoms with E-state index in [1.165, 1.54) is 4.90 Å². The van der Waals surface area contributed by atoms with Crippen molar-refractivity contribution in [2.45, 2.75) is 31.1 Å². The van der Waals surface area contributed by atoms with Crippen LogP contribution in [0.3, 0.4) is 0 Å². The molecule has 3 rings (SSSR count). The summed E-state index contributed by atoms with van der Waals surface area (Å²) in [5.41, 5.74) is 0.193. The average molecular weight is 325 g/mol. The topological polar surface area (TPSA) is 81.7 Å². The first-order chi connectivity index (χ1) is 11.0. The number of carbonyl (C=O) groups excluding carboxylic acids is 2. The van der Waals surface area contributed by atoms with Crippen molar-refractivity contribution in [3.63, 3.8) is 0 Å². The highest BCUT2D eigenvalue weighted by atomic mass is 19.1. The van der Waals surface area contributed by atoms with Gasteiger partial charge in [-0.25, -0.2) is 8.78 Å². The first-order valence-corrected chi connectivity index (χ1v) is 7.38. The van der Waals surface area contributed by atoms with Crippen molar-refractivity contribution >= 4 is 11.8 Å². The Morgan fingerprint density at radius 2 is 2.13 bits per heavy atom. The maximum Gasteiger partial charge on any atom is 0.248 e. The highest BCUT2D eigenvalue weighted by Crippen LogP contribution is 2.23. The van der Waals surface area contributed by atoms with E-state index in [9.17, 15) is 18.4 Å². The van der Waals surface area contributed by atoms with E-state index in [0.717, 1.165) is 18.2 Å². The molecule has 2 aliphatic rings. The number of hydrogen-bond donors (Lipinski definition) is 3. The molecule has 8 heteroatoms. The van der Waals surface area contributed by atoms with Crippen molar-refractivity contribution in [2.24, 2.45) is 0 Å². The van der Waals surface area contributed by atoms with Crippen molar-refractivity contribution in [3.8, 4) is 0 Å². The van der Waals surface area contributed by atoms with Gasteiger partial charge in [0.2, 0.25) is 11.8 Å². The van der Waals surface area contributed by atoms with Crippen LogP contribution < -0.4 is 10.6 Å². The summed E-state index contributed by atoms with van der Waals surface area (Å²) < 4.78 is 26.7. The zero-order valence-corrected chi connectivity index (χ0v) is 12.3. The molecular formula is C15H17F2N3O3. The molecule has 3 atom stereocenters. The molecule has 23 heavy (non-hydrogen) atoms. The van der Waals surface area contributed by atoms with E-state index >= 15 is 0 Å². The molecule has 2 heterocycles. The Balaban J connectivity index is 1.64. The molecule has 1 aromatic carbocycles. The van der Waals surface area contributed by atoms with E-state index in [4.69, 9.17) is 5.11 Å². The summed E-state index contributed by atoms with van der Waals surface area (Å²) in [6, 6.07) is 1.54. The average Bonchev–Trinajstić information content (AvgIpc) is 2.97. The largest absolute Gasteiger partial charge is 0.394 e. The molecule has 6 nitrogen and oxygen atoms in total. The van der Waals surface area contributed by atoms with Crippen LogP contribution in [0.4, 0.5) is 8.78 Å². The predicted octanol–water partition coefficient (Wildman–Crippen LogP) is -0.485. The molecule has 0 saturated carbocycles. The number of aliphatic hydroxyl groups is 1. The molecular weight excluding hydrogens is 308 g/mol. The molecule has 1 aromatic rings. The van der Waals surface area contributed by atoms with Crippen molar-refractivity contribution in [1.82, 2.24) is 15.5 Å². The van der Waals surface area contributed by atoms with Crippen molar-refractivity contribution in [2.75, 3.05) is 13.2 Å². The van der Waals surface area contributed by atoms with Gasteiger partial charge in [-0.2, -0.15) is 0 Å². The second-order valence-corrected chi connectivity index (χ2v) is 5.80. The van der Waals surface area contributed by atoms with Gasteiger partial charge in [0.25, 0.3) is 0 Å². The fourth-order valence-corrected chi connectivity index (χ4v) is 3.06. The Labute approximate surface area is 131 Å². The van der Waals surface area contributed by atoms with E-state index in [1.807, 2.05) is 0 Å². The first-order valence-electron chi connectivity index (χ1n) is 7.38. The lowest BCUT2D eigenvalue weighted by Gasteiger charge is -2.33. The first kappa shape index (κ1) is 15.8. The van der Waals surface area contributed by atoms with Crippen LogP contribution >= 0.6 is 0 Å². The van der Waals surface area contributed by atoms with E-state index in [2.05, 4.69) is 10.6 Å². The molecule has 0 spiro atoms. The van der Waals surface area contributed by atoms with E-state index < -0.39 is 30.3 Å². The molecule has 2 fully saturated rings. The molecule has 2 saturated heterocycles. The number of halogens is 2. The van der Waals surface area contributed by atoms with Crippen LogP contribution in [-0.4, -0.2) is 53.1 Å². The lowest BCUT2D eigenvalue weighted by atomic mass is 10.1. The second-order valence-electron chi connectivity index (χ2n) is 5.80. The van der Waals surface area contributed by atoms with Crippen molar-refractivity contribution in [1.29, 1.82) is 0 Å². The van der Waals surface area contributed by atoms with Gasteiger partial charge in [0.15, 0.2) is 0 Å². The zero-order chi connectivity index (χ0) is 16.6. The molecule has 0 unspecified atom stereocenters. The van der Waals surface area contributed by atoms with Crippen LogP contribution in [0.25, 0.3) is 0 Å². The SMILES string of the molecule is O=C1N[C@H](CO)C(=O)N2C[C@@H](NCc3cc(F)ccc3F)C[C@@H]12. The van der Waals surface area contributed by atoms with Gasteiger partial charge in [-0.15, -0.1) is 0 Å². The number of piperazine rings is 1. The lowest BCUT2D eigenvalue weighted by molar-refractivity contribution is -0.148. The molecule has 0 radical (unpaired) electrons. The van der Waals surface area contributed by atoms with Gasteiger partial charge >= 0.3 is 0 Å². The summed E-state index contributed by atoms with van der Waals surface area (Å²) in [5, 5.41) is 14.7. The fraction of sp³-hybridized carbons (Fsp3) is 0.467. The van der Waals surface area contributed by atoms with Gasteiger partial charge in [-0.1, -0.05) is 0 Å². The molecule has 0 aromatic heterocycles. The van der Waals surface area contributed by atoms with Crippen LogP contribution in [0.2, 0.25) is 0 Å². The van der Waals surface area contributed by atoms with E-state index in [1.54, 1.807) is 0 Å². The van der Waals surface area contributed by atoms with Crippen LogP contribution in [-0.2, 0) is 16.1 Å². The van der Waals surface area contributed by atoms with Gasteiger partial charge in [0.05, 0.1) is 6.61 Å². The number of carbonyl (C=O) groups is 2. The smallest absolute Gasteiger partial charge is 0.248 e. The Bertz CT molecular complexity index is 640. The van der Waals surface area contributed by atoms with Gasteiger partial charge in [0.1, 0.15) is 23.7 Å². The summed E-state index contributed by atoms with van der Waals surface area (Å²) in [5.74, 6) is -1.65. The third kappa shape index (κ3) is 3.04. The van der Waals surface area contributed by atoms with Gasteiger partial charge < -0.3 is 20.6 Å². The molecule has 3 N–H and O–H groups in total. The summed E-state index contributed by atoms with van der Waals surface area (Å²) in [6.07, 6.45) is 0.395. The minimum absolute atomic E-state index is 0.105. The predicted molar refractivity (Wildman–Crippen MR) is 76.1 cm³/mol. The van der Waals surface area contributed by atoms with E-state index in [0.29, 0.717) is 13.0 Å². The second kappa shape index (κ2) is 6.21. The Morgan fingerprint density at radius 1 is 1.35 bits per heavy atom. The lowest BCUT2D eigenvalue weighted by Crippen LogP contribution is -2.62. The van der Waals surface area contributed by atoms with Gasteiger partial charge in [-0.05, 0) is 24.6 Å². The maximum atomic E-state index is 13.6. The molecule has 124 valence electrons. The summed E-state index contributed by atoms with van der Waals surface area (Å²) in [7, 11) is 0. The number of nitrogens with zero attached hydrogens (tertiary/aromatic N) is 1. The monoisotopic (exact) mass is 325 g/mol. The third-order valence-corrected chi connectivity index (χ3v) is 4.27. The van der Waals surface area contributed by atoms with Gasteiger partial charge in [-0.3, -0.25) is 9.59 Å². The quantitative estimate of drug-likeness (QED) is 0.698. The summed E-state index contributed by atoms with van der Waals surface area (Å²) >= 11 is 0. The summed E-state index contributed by atoms with van der Waals surface area (Å²) in [4.78, 5) is 25.5. The molecule has 0 aliphatic carbocycles. The zero-order valence-electron chi connectivity index (χ0n) is 12.3. The van der Waals surface area contributed by atoms with Gasteiger partial charge in [0, 0.05) is 24.7 Å². The number of nitrogens with one attached hydrogen (secondary N) is 2. The standard InChI is InChI=1S/C15H17F2N3O3/c16-9-1-2-11(17)8(3-9)5-18-10-4-13-14(22)19-12(7-21)15(23)20(13)6-10/h1-3,10,12-13,18,21H,4-7H2,(H,19,22)/t10-,12+,13-/m0/s1. The van der Waals surface area contributed by atoms with Crippen LogP contribution in [0.5, 0.6) is 0 Å². The van der Waals surface area contributed by atoms with Crippen LogP contribution in [0.15, 0.2) is 18.2 Å². The Kier molecular flexibility index (Phi) is 4.27. The number of aliphatic hydroxyl groups excluding tert-OH is 1. The van der Waals surface area contributed by atoms with Crippen molar-refractivity contribution in [3.05, 3.63) is 35.4 Å². The van der Waals surface area contributed by atoms with Crippen LogP contribution in [0.1, 0.15) is 12.0 Å². The minimum Gasteiger partial charge on any atom is -0.394 e. The number of amides is 2. The Hall–Kier alpha value is -2.06. The normalized spacial score (nSPS) is 27.1. The number of hydrogen-bond acceptors (Lipinski definition) is 4. The highest BCUT2D eigenvalue weighted by molar-refractivity contribution is 5.97. The van der Waals surface area contributed by atoms with Crippen molar-refractivity contribution < 1.29 is 23.5 Å². The van der Waals surface area contributed by atoms with E-state index in [-0.39, 0.29) is 30.0 Å². The third-order valence-electron chi connectivity index (χ3n) is 4.27. The summed E-state index contributed by atoms with van der Waals surface area (Å²) in [6.45, 7) is -0.0429. The number of rotatable bonds is 4. The molecule has 0 bridgehead atoms. The number of benzene rings is 1. The highest BCUT2D eigenvalue weighted by Gasteiger charge is 2.46. The Morgan fingerprint density at radius 3 is 2.87 bits per heavy atom. The maximum absolute atomic E-state index is 13.6. The molecule has 2 amide bonds. The fourth-order valence-electron chi connectivity index (χ4n) is 3.06. The number of fused-ring (bicyclic) bond motifs is 1. The van der Waals surface area contributed by atoms with Crippen LogP contribution in [0, 0.1) is 11.6 Å².